The zero-order valence-electron chi connectivity index (χ0n) is 27.5. The Labute approximate surface area is 281 Å². The van der Waals surface area contributed by atoms with Crippen molar-refractivity contribution in [1.82, 2.24) is 4.48 Å². The molecule has 5 aromatic carbocycles. The molecule has 1 aromatic heterocycles. The number of allylic oxidation sites excluding steroid dienone is 2. The smallest absolute Gasteiger partial charge is 0.324 e. The minimum atomic E-state index is -2.81. The highest BCUT2D eigenvalue weighted by Gasteiger charge is 2.35. The third-order valence-electron chi connectivity index (χ3n) is 9.15. The number of benzene rings is 5. The molecule has 2 heterocycles. The fraction of sp³-hybridized carbons (Fsp3) is 0.0930. The first-order valence-electron chi connectivity index (χ1n) is 16.2. The Hall–Kier alpha value is -5.55. The molecular formula is C43H35BF2N2. The number of hydrogen-bond acceptors (Lipinski definition) is 1. The van der Waals surface area contributed by atoms with E-state index in [0.29, 0.717) is 22.7 Å². The lowest BCUT2D eigenvalue weighted by Gasteiger charge is -2.17. The molecule has 7 rings (SSSR count). The monoisotopic (exact) mass is 628 g/mol. The van der Waals surface area contributed by atoms with Crippen LogP contribution in [0.4, 0.5) is 8.63 Å². The maximum absolute atomic E-state index is 15.8. The summed E-state index contributed by atoms with van der Waals surface area (Å²) in [5, 5.41) is 0. The van der Waals surface area contributed by atoms with Crippen molar-refractivity contribution in [3.63, 3.8) is 0 Å². The molecule has 0 radical (unpaired) electrons. The molecule has 0 amide bonds. The summed E-state index contributed by atoms with van der Waals surface area (Å²) >= 11 is 0. The van der Waals surface area contributed by atoms with Gasteiger partial charge in [0.2, 0.25) is 0 Å². The molecule has 0 saturated heterocycles. The summed E-state index contributed by atoms with van der Waals surface area (Å²) in [7, 11) is -2.81. The summed E-state index contributed by atoms with van der Waals surface area (Å²) in [5.74, 6) is 0. The van der Waals surface area contributed by atoms with Crippen LogP contribution < -0.4 is 0 Å². The molecule has 6 aromatic rings. The van der Waals surface area contributed by atoms with Crippen LogP contribution in [-0.2, 0) is 0 Å². The van der Waals surface area contributed by atoms with Gasteiger partial charge in [-0.1, -0.05) is 151 Å². The molecular weight excluding hydrogens is 593 g/mol. The third kappa shape index (κ3) is 5.56. The van der Waals surface area contributed by atoms with E-state index in [0.717, 1.165) is 66.9 Å². The van der Waals surface area contributed by atoms with Crippen molar-refractivity contribution in [3.05, 3.63) is 190 Å². The lowest BCUT2D eigenvalue weighted by Crippen LogP contribution is -2.18. The predicted molar refractivity (Wildman–Crippen MR) is 197 cm³/mol. The van der Waals surface area contributed by atoms with Crippen molar-refractivity contribution in [3.8, 4) is 22.4 Å². The molecule has 0 atom stereocenters. The Bertz CT molecular complexity index is 2190. The van der Waals surface area contributed by atoms with Crippen LogP contribution >= 0.6 is 0 Å². The van der Waals surface area contributed by atoms with Crippen LogP contribution in [0.1, 0.15) is 46.0 Å². The van der Waals surface area contributed by atoms with Crippen molar-refractivity contribution >= 4 is 24.3 Å². The van der Waals surface area contributed by atoms with Crippen molar-refractivity contribution in [1.29, 1.82) is 0 Å². The largest absolute Gasteiger partial charge is 0.678 e. The Morgan fingerprint density at radius 1 is 0.562 bits per heavy atom. The van der Waals surface area contributed by atoms with Gasteiger partial charge in [-0.3, -0.25) is 8.63 Å². The van der Waals surface area contributed by atoms with E-state index in [4.69, 9.17) is 4.99 Å². The van der Waals surface area contributed by atoms with E-state index in [1.165, 1.54) is 4.48 Å². The Balaban J connectivity index is 1.64. The van der Waals surface area contributed by atoms with Crippen LogP contribution in [0.5, 0.6) is 0 Å². The number of aryl methyl sites for hydroxylation is 2. The highest BCUT2D eigenvalue weighted by molar-refractivity contribution is 6.43. The summed E-state index contributed by atoms with van der Waals surface area (Å²) in [5.41, 5.74) is 13.3. The van der Waals surface area contributed by atoms with Gasteiger partial charge in [-0.2, -0.15) is 0 Å². The zero-order valence-corrected chi connectivity index (χ0v) is 27.5. The van der Waals surface area contributed by atoms with E-state index in [2.05, 4.69) is 50.2 Å². The second-order valence-corrected chi connectivity index (χ2v) is 12.4. The van der Waals surface area contributed by atoms with E-state index >= 15 is 8.63 Å². The SMILES string of the molecule is CC1=C(c2ccccc2)C(c2ccc(C)cc2)=N/C1=C(/c1ccccc1)c1c(C)c(-c2ccccc2)c(-c2ccc(C)cc2)n1B(F)F. The molecule has 0 aliphatic carbocycles. The van der Waals surface area contributed by atoms with Gasteiger partial charge in [0.25, 0.3) is 0 Å². The molecule has 0 spiro atoms. The molecule has 0 unspecified atom stereocenters. The van der Waals surface area contributed by atoms with E-state index in [1.54, 1.807) is 0 Å². The van der Waals surface area contributed by atoms with Gasteiger partial charge in [0.15, 0.2) is 0 Å². The van der Waals surface area contributed by atoms with Crippen LogP contribution in [0.25, 0.3) is 33.5 Å². The van der Waals surface area contributed by atoms with Gasteiger partial charge in [0.1, 0.15) is 0 Å². The lowest BCUT2D eigenvalue weighted by atomic mass is 9.90. The van der Waals surface area contributed by atoms with E-state index in [-0.39, 0.29) is 0 Å². The standard InChI is InChI=1S/C43H35BF2N2/c1-28-20-24-35(25-21-28)41-37(32-14-8-5-9-15-32)30(3)40(47-41)39(34-18-12-7-13-19-34)42-31(4)38(33-16-10-6-11-17-33)43(48(42)44(45)46)36-26-22-29(2)23-27-36/h5-27H,1-4H3/b40-39-. The maximum atomic E-state index is 15.8. The second kappa shape index (κ2) is 12.9. The minimum absolute atomic E-state index is 0.460. The summed E-state index contributed by atoms with van der Waals surface area (Å²) in [6.45, 7) is 8.10. The van der Waals surface area contributed by atoms with Crippen LogP contribution in [0.3, 0.4) is 0 Å². The number of aromatic nitrogens is 1. The summed E-state index contributed by atoms with van der Waals surface area (Å²) in [6, 6.07) is 46.1. The van der Waals surface area contributed by atoms with Crippen molar-refractivity contribution in [2.24, 2.45) is 4.99 Å². The van der Waals surface area contributed by atoms with E-state index < -0.39 is 7.40 Å². The number of hydrogen-bond donors (Lipinski definition) is 0. The third-order valence-corrected chi connectivity index (χ3v) is 9.15. The highest BCUT2D eigenvalue weighted by Crippen LogP contribution is 2.47. The van der Waals surface area contributed by atoms with Crippen molar-refractivity contribution < 1.29 is 8.63 Å². The summed E-state index contributed by atoms with van der Waals surface area (Å²) in [4.78, 5) is 5.38. The molecule has 48 heavy (non-hydrogen) atoms. The van der Waals surface area contributed by atoms with Gasteiger partial charge in [-0.25, -0.2) is 4.99 Å². The Kier molecular flexibility index (Phi) is 8.37. The fourth-order valence-corrected chi connectivity index (χ4v) is 6.82. The topological polar surface area (TPSA) is 17.3 Å². The van der Waals surface area contributed by atoms with Crippen LogP contribution in [0.2, 0.25) is 0 Å². The molecule has 0 fully saturated rings. The molecule has 0 bridgehead atoms. The molecule has 0 N–H and O–H groups in total. The van der Waals surface area contributed by atoms with Crippen molar-refractivity contribution in [2.75, 3.05) is 0 Å². The highest BCUT2D eigenvalue weighted by atomic mass is 19.2. The van der Waals surface area contributed by atoms with Crippen LogP contribution in [0, 0.1) is 20.8 Å². The first kappa shape index (κ1) is 31.1. The zero-order chi connectivity index (χ0) is 33.4. The Morgan fingerprint density at radius 3 is 1.60 bits per heavy atom. The van der Waals surface area contributed by atoms with Crippen LogP contribution in [0.15, 0.2) is 156 Å². The van der Waals surface area contributed by atoms with Gasteiger partial charge in [0, 0.05) is 33.7 Å². The molecule has 234 valence electrons. The van der Waals surface area contributed by atoms with Gasteiger partial charge in [-0.05, 0) is 61.1 Å². The van der Waals surface area contributed by atoms with E-state index in [9.17, 15) is 0 Å². The first-order chi connectivity index (χ1) is 23.3. The molecule has 5 heteroatoms. The summed E-state index contributed by atoms with van der Waals surface area (Å²) in [6.07, 6.45) is 0. The fourth-order valence-electron chi connectivity index (χ4n) is 6.82. The lowest BCUT2D eigenvalue weighted by molar-refractivity contribution is 0.629. The normalized spacial score (nSPS) is 13.9. The van der Waals surface area contributed by atoms with Gasteiger partial charge in [0.05, 0.1) is 11.4 Å². The van der Waals surface area contributed by atoms with Gasteiger partial charge < -0.3 is 4.48 Å². The molecule has 1 aliphatic rings. The van der Waals surface area contributed by atoms with Gasteiger partial charge >= 0.3 is 7.40 Å². The number of halogens is 2. The first-order valence-corrected chi connectivity index (χ1v) is 16.2. The quantitative estimate of drug-likeness (QED) is 0.157. The molecule has 0 saturated carbocycles. The number of rotatable bonds is 7. The Morgan fingerprint density at radius 2 is 1.06 bits per heavy atom. The predicted octanol–water partition coefficient (Wildman–Crippen LogP) is 11.3. The average Bonchev–Trinajstić information content (AvgIpc) is 3.61. The van der Waals surface area contributed by atoms with Crippen LogP contribution in [-0.4, -0.2) is 17.6 Å². The van der Waals surface area contributed by atoms with Gasteiger partial charge in [-0.15, -0.1) is 0 Å². The number of aliphatic imine (C=N–C) groups is 1. The summed E-state index contributed by atoms with van der Waals surface area (Å²) < 4.78 is 32.9. The maximum Gasteiger partial charge on any atom is 0.678 e. The molecule has 2 nitrogen and oxygen atoms in total. The van der Waals surface area contributed by atoms with Crippen molar-refractivity contribution in [2.45, 2.75) is 27.7 Å². The minimum Gasteiger partial charge on any atom is -0.324 e. The second-order valence-electron chi connectivity index (χ2n) is 12.4. The van der Waals surface area contributed by atoms with E-state index in [1.807, 2.05) is 117 Å². The average molecular weight is 629 g/mol. The number of nitrogens with zero attached hydrogens (tertiary/aromatic N) is 2. The molecule has 1 aliphatic heterocycles.